The number of thioether (sulfide) groups is 1. The van der Waals surface area contributed by atoms with E-state index in [1.165, 1.54) is 11.8 Å². The Morgan fingerprint density at radius 3 is 2.69 bits per heavy atom. The first kappa shape index (κ1) is 12.2. The molecule has 0 spiro atoms. The first-order valence-corrected chi connectivity index (χ1v) is 5.08. The summed E-state index contributed by atoms with van der Waals surface area (Å²) in [6, 6.07) is 0. The van der Waals surface area contributed by atoms with Crippen molar-refractivity contribution in [3.63, 3.8) is 0 Å². The van der Waals surface area contributed by atoms with E-state index in [-0.39, 0.29) is 18.9 Å². The summed E-state index contributed by atoms with van der Waals surface area (Å²) in [4.78, 5) is 21.0. The van der Waals surface area contributed by atoms with Gasteiger partial charge in [0.1, 0.15) is 0 Å². The number of carboxylic acid groups (broad SMARTS) is 1. The summed E-state index contributed by atoms with van der Waals surface area (Å²) >= 11 is 1.44. The summed E-state index contributed by atoms with van der Waals surface area (Å²) in [5.74, 6) is 0.0398. The van der Waals surface area contributed by atoms with Crippen LogP contribution in [0, 0.1) is 0 Å². The van der Waals surface area contributed by atoms with Crippen molar-refractivity contribution in [3.8, 4) is 0 Å². The lowest BCUT2D eigenvalue weighted by atomic mass is 10.4. The number of hydrogen-bond donors (Lipinski definition) is 3. The number of nitrogens with one attached hydrogen (secondary N) is 1. The second-order valence-electron chi connectivity index (χ2n) is 2.33. The fraction of sp³-hybridized carbons (Fsp3) is 0.714. The number of carbonyl (C=O) groups excluding carboxylic acids is 1. The summed E-state index contributed by atoms with van der Waals surface area (Å²) in [5, 5.41) is 10.8. The molecular weight excluding hydrogens is 192 g/mol. The third-order valence-corrected chi connectivity index (χ3v) is 2.15. The fourth-order valence-corrected chi connectivity index (χ4v) is 1.21. The van der Waals surface area contributed by atoms with E-state index >= 15 is 0 Å². The van der Waals surface area contributed by atoms with E-state index in [1.807, 2.05) is 0 Å². The van der Waals surface area contributed by atoms with E-state index in [2.05, 4.69) is 5.32 Å². The molecule has 0 rings (SSSR count). The number of hydrogen-bond acceptors (Lipinski definition) is 4. The Balaban J connectivity index is 3.25. The molecule has 0 bridgehead atoms. The fourth-order valence-electron chi connectivity index (χ4n) is 0.608. The van der Waals surface area contributed by atoms with Gasteiger partial charge in [0.05, 0.1) is 12.2 Å². The van der Waals surface area contributed by atoms with Gasteiger partial charge in [-0.1, -0.05) is 0 Å². The van der Waals surface area contributed by atoms with Crippen LogP contribution in [-0.2, 0) is 9.59 Å². The van der Waals surface area contributed by atoms with E-state index in [9.17, 15) is 9.59 Å². The third-order valence-electron chi connectivity index (χ3n) is 1.16. The van der Waals surface area contributed by atoms with E-state index in [1.54, 1.807) is 0 Å². The molecular formula is C7H14N2O3S. The summed E-state index contributed by atoms with van der Waals surface area (Å²) in [6.07, 6.45) is -0.0344. The van der Waals surface area contributed by atoms with Gasteiger partial charge in [0.15, 0.2) is 0 Å². The Labute approximate surface area is 81.1 Å². The predicted octanol–water partition coefficient (Wildman–Crippen LogP) is -0.731. The van der Waals surface area contributed by atoms with Crippen molar-refractivity contribution < 1.29 is 14.7 Å². The monoisotopic (exact) mass is 206 g/mol. The standard InChI is InChI=1S/C7H14N2O3S/c8-2-4-13-5-6(10)9-3-1-7(11)12/h1-5,8H2,(H,9,10)(H,11,12). The molecule has 0 radical (unpaired) electrons. The molecule has 76 valence electrons. The summed E-state index contributed by atoms with van der Waals surface area (Å²) in [5.41, 5.74) is 5.22. The highest BCUT2D eigenvalue weighted by atomic mass is 32.2. The second-order valence-corrected chi connectivity index (χ2v) is 3.44. The average molecular weight is 206 g/mol. The van der Waals surface area contributed by atoms with Crippen LogP contribution in [0.2, 0.25) is 0 Å². The molecule has 1 amide bonds. The lowest BCUT2D eigenvalue weighted by Gasteiger charge is -2.02. The number of amides is 1. The van der Waals surface area contributed by atoms with Crippen molar-refractivity contribution in [2.45, 2.75) is 6.42 Å². The first-order valence-electron chi connectivity index (χ1n) is 3.93. The van der Waals surface area contributed by atoms with Crippen LogP contribution in [-0.4, -0.2) is 41.6 Å². The molecule has 6 heteroatoms. The van der Waals surface area contributed by atoms with Crippen LogP contribution in [0.1, 0.15) is 6.42 Å². The topological polar surface area (TPSA) is 92.4 Å². The van der Waals surface area contributed by atoms with Gasteiger partial charge in [-0.25, -0.2) is 0 Å². The Kier molecular flexibility index (Phi) is 7.42. The predicted molar refractivity (Wildman–Crippen MR) is 51.6 cm³/mol. The summed E-state index contributed by atoms with van der Waals surface area (Å²) in [7, 11) is 0. The van der Waals surface area contributed by atoms with Crippen molar-refractivity contribution in [1.29, 1.82) is 0 Å². The Bertz CT molecular complexity index is 175. The van der Waals surface area contributed by atoms with Crippen LogP contribution in [0.25, 0.3) is 0 Å². The van der Waals surface area contributed by atoms with Gasteiger partial charge in [-0.15, -0.1) is 0 Å². The van der Waals surface area contributed by atoms with Gasteiger partial charge >= 0.3 is 5.97 Å². The van der Waals surface area contributed by atoms with E-state index in [0.717, 1.165) is 5.75 Å². The molecule has 0 aliphatic heterocycles. The minimum Gasteiger partial charge on any atom is -0.481 e. The molecule has 5 nitrogen and oxygen atoms in total. The molecule has 4 N–H and O–H groups in total. The molecule has 0 aliphatic carbocycles. The summed E-state index contributed by atoms with van der Waals surface area (Å²) < 4.78 is 0. The maximum absolute atomic E-state index is 10.9. The number of carboxylic acids is 1. The highest BCUT2D eigenvalue weighted by molar-refractivity contribution is 7.99. The third kappa shape index (κ3) is 9.16. The lowest BCUT2D eigenvalue weighted by Crippen LogP contribution is -2.27. The number of nitrogens with two attached hydrogens (primary N) is 1. The molecule has 0 fully saturated rings. The number of rotatable bonds is 7. The van der Waals surface area contributed by atoms with Gasteiger partial charge in [0.2, 0.25) is 5.91 Å². The van der Waals surface area contributed by atoms with Crippen molar-refractivity contribution in [2.75, 3.05) is 24.6 Å². The zero-order valence-electron chi connectivity index (χ0n) is 7.28. The summed E-state index contributed by atoms with van der Waals surface area (Å²) in [6.45, 7) is 0.741. The van der Waals surface area contributed by atoms with Gasteiger partial charge in [-0.05, 0) is 0 Å². The van der Waals surface area contributed by atoms with Gasteiger partial charge in [-0.2, -0.15) is 11.8 Å². The van der Waals surface area contributed by atoms with Crippen LogP contribution >= 0.6 is 11.8 Å². The highest BCUT2D eigenvalue weighted by Crippen LogP contribution is 1.96. The van der Waals surface area contributed by atoms with Crippen LogP contribution in [0.3, 0.4) is 0 Å². The zero-order chi connectivity index (χ0) is 10.1. The normalized spacial score (nSPS) is 9.62. The van der Waals surface area contributed by atoms with Crippen molar-refractivity contribution in [2.24, 2.45) is 5.73 Å². The average Bonchev–Trinajstić information content (AvgIpc) is 2.04. The molecule has 0 saturated carbocycles. The molecule has 0 heterocycles. The molecule has 0 atom stereocenters. The van der Waals surface area contributed by atoms with Crippen molar-refractivity contribution in [1.82, 2.24) is 5.32 Å². The van der Waals surface area contributed by atoms with Gasteiger partial charge in [0, 0.05) is 18.8 Å². The quantitative estimate of drug-likeness (QED) is 0.477. The van der Waals surface area contributed by atoms with Crippen molar-refractivity contribution >= 4 is 23.6 Å². The number of carbonyl (C=O) groups is 2. The van der Waals surface area contributed by atoms with Crippen LogP contribution < -0.4 is 11.1 Å². The SMILES string of the molecule is NCCSCC(=O)NCCC(=O)O. The largest absolute Gasteiger partial charge is 0.481 e. The van der Waals surface area contributed by atoms with Gasteiger partial charge < -0.3 is 16.2 Å². The molecule has 0 saturated heterocycles. The van der Waals surface area contributed by atoms with Crippen LogP contribution in [0.4, 0.5) is 0 Å². The molecule has 13 heavy (non-hydrogen) atoms. The molecule has 0 aromatic heterocycles. The minimum atomic E-state index is -0.907. The maximum Gasteiger partial charge on any atom is 0.305 e. The number of aliphatic carboxylic acids is 1. The Morgan fingerprint density at radius 2 is 2.15 bits per heavy atom. The van der Waals surface area contributed by atoms with E-state index < -0.39 is 5.97 Å². The Morgan fingerprint density at radius 1 is 1.46 bits per heavy atom. The smallest absolute Gasteiger partial charge is 0.305 e. The van der Waals surface area contributed by atoms with Gasteiger partial charge in [0.25, 0.3) is 0 Å². The molecule has 0 aromatic carbocycles. The lowest BCUT2D eigenvalue weighted by molar-refractivity contribution is -0.136. The molecule has 0 aromatic rings. The van der Waals surface area contributed by atoms with Gasteiger partial charge in [-0.3, -0.25) is 9.59 Å². The maximum atomic E-state index is 10.9. The second kappa shape index (κ2) is 7.88. The highest BCUT2D eigenvalue weighted by Gasteiger charge is 2.01. The van der Waals surface area contributed by atoms with E-state index in [4.69, 9.17) is 10.8 Å². The van der Waals surface area contributed by atoms with Crippen molar-refractivity contribution in [3.05, 3.63) is 0 Å². The minimum absolute atomic E-state index is 0.0344. The van der Waals surface area contributed by atoms with E-state index in [0.29, 0.717) is 12.3 Å². The van der Waals surface area contributed by atoms with Crippen LogP contribution in [0.15, 0.2) is 0 Å². The molecule has 0 unspecified atom stereocenters. The zero-order valence-corrected chi connectivity index (χ0v) is 8.10. The van der Waals surface area contributed by atoms with Crippen LogP contribution in [0.5, 0.6) is 0 Å². The Hall–Kier alpha value is -0.750. The molecule has 0 aliphatic rings. The first-order chi connectivity index (χ1) is 6.16.